The number of para-hydroxylation sites is 1. The molecule has 0 N–H and O–H groups in total. The van der Waals surface area contributed by atoms with Crippen molar-refractivity contribution in [2.24, 2.45) is 0 Å². The molecule has 0 spiro atoms. The van der Waals surface area contributed by atoms with Gasteiger partial charge in [-0.3, -0.25) is 0 Å². The van der Waals surface area contributed by atoms with Gasteiger partial charge in [0.15, 0.2) is 5.65 Å². The molecule has 9 heteroatoms. The maximum atomic E-state index is 13.3. The number of nitrogens with zero attached hydrogens (tertiary/aromatic N) is 6. The van der Waals surface area contributed by atoms with Gasteiger partial charge in [0.05, 0.1) is 10.4 Å². The average Bonchev–Trinajstić information content (AvgIpc) is 3.29. The van der Waals surface area contributed by atoms with Crippen LogP contribution in [0, 0.1) is 0 Å². The number of hydrogen-bond donors (Lipinski definition) is 0. The number of benzene rings is 3. The van der Waals surface area contributed by atoms with E-state index in [1.54, 1.807) is 30.3 Å². The maximum absolute atomic E-state index is 13.3. The molecule has 0 saturated carbocycles. The summed E-state index contributed by atoms with van der Waals surface area (Å²) in [6, 6.07) is 24.2. The van der Waals surface area contributed by atoms with Crippen molar-refractivity contribution in [3.8, 4) is 0 Å². The summed E-state index contributed by atoms with van der Waals surface area (Å²) in [6.07, 6.45) is 0. The Hall–Kier alpha value is -3.98. The summed E-state index contributed by atoms with van der Waals surface area (Å²) < 4.78 is 28.2. The molecule has 0 bridgehead atoms. The highest BCUT2D eigenvalue weighted by atomic mass is 32.2. The SMILES string of the molecule is CN(C)c1ccc(CN(C)c2nc3c(S(=O)(=O)c4ccccc4)nnn3c3ccccc23)cc1. The van der Waals surface area contributed by atoms with E-state index in [0.29, 0.717) is 12.4 Å². The topological polar surface area (TPSA) is 83.7 Å². The molecule has 5 aromatic rings. The smallest absolute Gasteiger partial charge is 0.229 e. The number of hydrogen-bond acceptors (Lipinski definition) is 7. The highest BCUT2D eigenvalue weighted by Crippen LogP contribution is 2.30. The van der Waals surface area contributed by atoms with Crippen molar-refractivity contribution in [2.75, 3.05) is 30.9 Å². The van der Waals surface area contributed by atoms with E-state index < -0.39 is 9.84 Å². The van der Waals surface area contributed by atoms with Crippen molar-refractivity contribution >= 4 is 37.9 Å². The summed E-state index contributed by atoms with van der Waals surface area (Å²) in [6.45, 7) is 0.600. The fourth-order valence-electron chi connectivity index (χ4n) is 3.95. The van der Waals surface area contributed by atoms with E-state index in [9.17, 15) is 8.42 Å². The highest BCUT2D eigenvalue weighted by Gasteiger charge is 2.27. The third-order valence-corrected chi connectivity index (χ3v) is 7.41. The van der Waals surface area contributed by atoms with Gasteiger partial charge in [0.1, 0.15) is 5.82 Å². The van der Waals surface area contributed by atoms with Crippen LogP contribution in [0.5, 0.6) is 0 Å². The lowest BCUT2D eigenvalue weighted by atomic mass is 10.1. The molecule has 8 nitrogen and oxygen atoms in total. The second kappa shape index (κ2) is 8.42. The molecule has 5 rings (SSSR count). The second-order valence-corrected chi connectivity index (χ2v) is 10.2. The van der Waals surface area contributed by atoms with Gasteiger partial charge in [-0.05, 0) is 42.0 Å². The monoisotopic (exact) mass is 472 g/mol. The van der Waals surface area contributed by atoms with Crippen molar-refractivity contribution in [3.63, 3.8) is 0 Å². The summed E-state index contributed by atoms with van der Waals surface area (Å²) >= 11 is 0. The lowest BCUT2D eigenvalue weighted by Crippen LogP contribution is -2.19. The van der Waals surface area contributed by atoms with Gasteiger partial charge in [0.25, 0.3) is 0 Å². The lowest BCUT2D eigenvalue weighted by molar-refractivity contribution is 0.592. The Kier molecular flexibility index (Phi) is 5.41. The minimum absolute atomic E-state index is 0.156. The van der Waals surface area contributed by atoms with Crippen LogP contribution < -0.4 is 9.80 Å². The molecule has 172 valence electrons. The van der Waals surface area contributed by atoms with E-state index in [1.165, 1.54) is 4.52 Å². The first kappa shape index (κ1) is 21.8. The first-order valence-corrected chi connectivity index (χ1v) is 12.3. The van der Waals surface area contributed by atoms with Gasteiger partial charge >= 0.3 is 0 Å². The molecule has 0 aliphatic heterocycles. The predicted octanol–water partition coefficient (Wildman–Crippen LogP) is 3.81. The van der Waals surface area contributed by atoms with Crippen LogP contribution in [0.2, 0.25) is 0 Å². The summed E-state index contributed by atoms with van der Waals surface area (Å²) in [5.74, 6) is 0.659. The van der Waals surface area contributed by atoms with Gasteiger partial charge in [-0.1, -0.05) is 47.7 Å². The van der Waals surface area contributed by atoms with E-state index in [0.717, 1.165) is 22.2 Å². The molecule has 0 fully saturated rings. The molecule has 34 heavy (non-hydrogen) atoms. The first-order chi connectivity index (χ1) is 16.4. The Morgan fingerprint density at radius 1 is 0.853 bits per heavy atom. The summed E-state index contributed by atoms with van der Waals surface area (Å²) in [4.78, 5) is 9.00. The standard InChI is InChI=1S/C25H24N6O2S/c1-29(2)19-15-13-18(14-16-19)17-30(3)23-21-11-7-8-12-22(21)31-24(26-23)25(27-28-31)34(32,33)20-9-5-4-6-10-20/h4-16H,17H2,1-3H3. The maximum Gasteiger partial charge on any atom is 0.229 e. The van der Waals surface area contributed by atoms with Gasteiger partial charge < -0.3 is 9.80 Å². The van der Waals surface area contributed by atoms with Crippen LogP contribution in [0.15, 0.2) is 88.8 Å². The Balaban J connectivity index is 1.63. The molecule has 0 unspecified atom stereocenters. The third kappa shape index (κ3) is 3.73. The molecular formula is C25H24N6O2S. The van der Waals surface area contributed by atoms with Crippen LogP contribution in [-0.2, 0) is 16.4 Å². The molecule has 0 aliphatic carbocycles. The summed E-state index contributed by atoms with van der Waals surface area (Å²) in [7, 11) is 2.07. The fourth-order valence-corrected chi connectivity index (χ4v) is 5.21. The van der Waals surface area contributed by atoms with Gasteiger partial charge in [0, 0.05) is 38.8 Å². The zero-order valence-electron chi connectivity index (χ0n) is 19.1. The van der Waals surface area contributed by atoms with Crippen LogP contribution in [0.1, 0.15) is 5.56 Å². The minimum atomic E-state index is -3.89. The van der Waals surface area contributed by atoms with Crippen LogP contribution in [0.4, 0.5) is 11.5 Å². The van der Waals surface area contributed by atoms with Crippen molar-refractivity contribution < 1.29 is 8.42 Å². The lowest BCUT2D eigenvalue weighted by Gasteiger charge is -2.21. The van der Waals surface area contributed by atoms with Crippen LogP contribution in [-0.4, -0.2) is 49.4 Å². The van der Waals surface area contributed by atoms with Gasteiger partial charge in [-0.15, -0.1) is 5.10 Å². The molecule has 0 aliphatic rings. The van der Waals surface area contributed by atoms with E-state index >= 15 is 0 Å². The van der Waals surface area contributed by atoms with Crippen LogP contribution >= 0.6 is 0 Å². The quantitative estimate of drug-likeness (QED) is 0.372. The third-order valence-electron chi connectivity index (χ3n) is 5.74. The Morgan fingerprint density at radius 3 is 2.24 bits per heavy atom. The van der Waals surface area contributed by atoms with Gasteiger partial charge in [-0.2, -0.15) is 4.52 Å². The second-order valence-electron chi connectivity index (χ2n) is 8.32. The van der Waals surface area contributed by atoms with E-state index in [1.807, 2.05) is 50.3 Å². The first-order valence-electron chi connectivity index (χ1n) is 10.8. The van der Waals surface area contributed by atoms with E-state index in [-0.39, 0.29) is 15.6 Å². The number of anilines is 2. The summed E-state index contributed by atoms with van der Waals surface area (Å²) in [5.41, 5.74) is 3.17. The Morgan fingerprint density at radius 2 is 1.53 bits per heavy atom. The number of rotatable bonds is 6. The van der Waals surface area contributed by atoms with Crippen molar-refractivity contribution in [1.82, 2.24) is 19.8 Å². The molecule has 0 amide bonds. The molecule has 0 atom stereocenters. The van der Waals surface area contributed by atoms with Gasteiger partial charge in [-0.25, -0.2) is 13.4 Å². The van der Waals surface area contributed by atoms with Crippen molar-refractivity contribution in [3.05, 3.63) is 84.4 Å². The van der Waals surface area contributed by atoms with Crippen LogP contribution in [0.3, 0.4) is 0 Å². The number of sulfone groups is 1. The Bertz CT molecular complexity index is 1580. The Labute approximate surface area is 198 Å². The molecule has 0 saturated heterocycles. The zero-order chi connectivity index (χ0) is 23.9. The van der Waals surface area contributed by atoms with Crippen molar-refractivity contribution in [2.45, 2.75) is 16.5 Å². The van der Waals surface area contributed by atoms with Gasteiger partial charge in [0.2, 0.25) is 14.9 Å². The van der Waals surface area contributed by atoms with E-state index in [2.05, 4.69) is 39.5 Å². The van der Waals surface area contributed by atoms with Crippen LogP contribution in [0.25, 0.3) is 16.6 Å². The van der Waals surface area contributed by atoms with Crippen molar-refractivity contribution in [1.29, 1.82) is 0 Å². The molecule has 2 heterocycles. The fraction of sp³-hybridized carbons (Fsp3) is 0.160. The van der Waals surface area contributed by atoms with E-state index in [4.69, 9.17) is 4.98 Å². The normalized spacial score (nSPS) is 11.7. The molecular weight excluding hydrogens is 448 g/mol. The highest BCUT2D eigenvalue weighted by molar-refractivity contribution is 7.91. The molecule has 0 radical (unpaired) electrons. The predicted molar refractivity (Wildman–Crippen MR) is 133 cm³/mol. The molecule has 2 aromatic heterocycles. The summed E-state index contributed by atoms with van der Waals surface area (Å²) in [5, 5.41) is 8.89. The zero-order valence-corrected chi connectivity index (χ0v) is 19.9. The number of aromatic nitrogens is 4. The number of fused-ring (bicyclic) bond motifs is 3. The minimum Gasteiger partial charge on any atom is -0.378 e. The average molecular weight is 473 g/mol. The molecule has 3 aromatic carbocycles. The largest absolute Gasteiger partial charge is 0.378 e.